The highest BCUT2D eigenvalue weighted by Gasteiger charge is 2.15. The fourth-order valence-corrected chi connectivity index (χ4v) is 2.68. The van der Waals surface area contributed by atoms with Gasteiger partial charge in [-0.1, -0.05) is 62.4 Å². The van der Waals surface area contributed by atoms with Gasteiger partial charge in [0.15, 0.2) is 0 Å². The van der Waals surface area contributed by atoms with Crippen LogP contribution in [-0.4, -0.2) is 22.4 Å². The third kappa shape index (κ3) is 5.14. The number of carbonyl (C=O) groups excluding carboxylic acids is 1. The van der Waals surface area contributed by atoms with Gasteiger partial charge in [-0.2, -0.15) is 0 Å². The summed E-state index contributed by atoms with van der Waals surface area (Å²) in [4.78, 5) is 23.1. The minimum Gasteiger partial charge on any atom is -0.350 e. The molecule has 3 rings (SSSR count). The van der Waals surface area contributed by atoms with Crippen molar-refractivity contribution in [2.45, 2.75) is 20.4 Å². The fraction of sp³-hybridized carbons (Fsp3) is 0.227. The highest BCUT2D eigenvalue weighted by atomic mass is 16.1. The van der Waals surface area contributed by atoms with Gasteiger partial charge in [0, 0.05) is 24.8 Å². The summed E-state index contributed by atoms with van der Waals surface area (Å²) in [6, 6.07) is 22.0. The maximum atomic E-state index is 12.4. The van der Waals surface area contributed by atoms with E-state index in [1.54, 1.807) is 6.07 Å². The number of nitrogens with zero attached hydrogens (tertiary/aromatic N) is 3. The van der Waals surface area contributed by atoms with Crippen molar-refractivity contribution in [1.82, 2.24) is 15.3 Å². The second-order valence-electron chi connectivity index (χ2n) is 6.77. The Balaban J connectivity index is 1.90. The molecule has 0 atom stereocenters. The van der Waals surface area contributed by atoms with Crippen molar-refractivity contribution in [2.24, 2.45) is 5.92 Å². The van der Waals surface area contributed by atoms with E-state index >= 15 is 0 Å². The first-order valence-corrected chi connectivity index (χ1v) is 9.10. The zero-order valence-electron chi connectivity index (χ0n) is 15.7. The maximum Gasteiger partial charge on any atom is 0.270 e. The normalized spacial score (nSPS) is 10.6. The van der Waals surface area contributed by atoms with Crippen LogP contribution in [0.5, 0.6) is 0 Å². The lowest BCUT2D eigenvalue weighted by atomic mass is 10.2. The molecular formula is C22H24N4O. The summed E-state index contributed by atoms with van der Waals surface area (Å²) in [6.07, 6.45) is 1.44. The quantitative estimate of drug-likeness (QED) is 0.686. The van der Waals surface area contributed by atoms with Crippen LogP contribution in [0.4, 0.5) is 11.5 Å². The molecule has 0 spiro atoms. The summed E-state index contributed by atoms with van der Waals surface area (Å²) in [5.41, 5.74) is 2.54. The molecule has 0 saturated heterocycles. The molecule has 0 radical (unpaired) electrons. The first kappa shape index (κ1) is 18.6. The molecule has 27 heavy (non-hydrogen) atoms. The monoisotopic (exact) mass is 360 g/mol. The lowest BCUT2D eigenvalue weighted by molar-refractivity contribution is 0.0944. The van der Waals surface area contributed by atoms with Gasteiger partial charge in [0.1, 0.15) is 17.8 Å². The third-order valence-electron chi connectivity index (χ3n) is 4.08. The van der Waals surface area contributed by atoms with Crippen LogP contribution < -0.4 is 10.2 Å². The predicted octanol–water partition coefficient (Wildman–Crippen LogP) is 4.20. The van der Waals surface area contributed by atoms with Crippen molar-refractivity contribution in [1.29, 1.82) is 0 Å². The minimum absolute atomic E-state index is 0.180. The molecule has 0 saturated carbocycles. The van der Waals surface area contributed by atoms with Crippen LogP contribution in [0.1, 0.15) is 29.9 Å². The van der Waals surface area contributed by atoms with Crippen LogP contribution in [0.25, 0.3) is 0 Å². The van der Waals surface area contributed by atoms with Gasteiger partial charge in [-0.25, -0.2) is 9.97 Å². The van der Waals surface area contributed by atoms with Gasteiger partial charge >= 0.3 is 0 Å². The van der Waals surface area contributed by atoms with Gasteiger partial charge in [-0.15, -0.1) is 0 Å². The van der Waals surface area contributed by atoms with Crippen molar-refractivity contribution >= 4 is 17.4 Å². The van der Waals surface area contributed by atoms with Crippen molar-refractivity contribution in [3.05, 3.63) is 84.3 Å². The topological polar surface area (TPSA) is 58.1 Å². The van der Waals surface area contributed by atoms with Crippen molar-refractivity contribution in [3.8, 4) is 0 Å². The van der Waals surface area contributed by atoms with Gasteiger partial charge in [0.05, 0.1) is 0 Å². The van der Waals surface area contributed by atoms with E-state index < -0.39 is 0 Å². The number of carbonyl (C=O) groups is 1. The van der Waals surface area contributed by atoms with Crippen LogP contribution in [0, 0.1) is 5.92 Å². The summed E-state index contributed by atoms with van der Waals surface area (Å²) < 4.78 is 0. The SMILES string of the molecule is CC(C)CNC(=O)c1cc(N(Cc2ccccc2)c2ccccc2)ncn1. The largest absolute Gasteiger partial charge is 0.350 e. The van der Waals surface area contributed by atoms with Crippen molar-refractivity contribution in [2.75, 3.05) is 11.4 Å². The highest BCUT2D eigenvalue weighted by Crippen LogP contribution is 2.25. The molecule has 0 aliphatic heterocycles. The molecule has 1 N–H and O–H groups in total. The van der Waals surface area contributed by atoms with E-state index in [2.05, 4.69) is 46.2 Å². The van der Waals surface area contributed by atoms with Crippen LogP contribution in [0.15, 0.2) is 73.1 Å². The van der Waals surface area contributed by atoms with Gasteiger partial charge in [0.25, 0.3) is 5.91 Å². The highest BCUT2D eigenvalue weighted by molar-refractivity contribution is 5.93. The number of para-hydroxylation sites is 1. The van der Waals surface area contributed by atoms with Crippen LogP contribution in [-0.2, 0) is 6.54 Å². The lowest BCUT2D eigenvalue weighted by Gasteiger charge is -2.24. The van der Waals surface area contributed by atoms with Crippen LogP contribution >= 0.6 is 0 Å². The molecule has 5 heteroatoms. The molecule has 2 aromatic carbocycles. The Bertz CT molecular complexity index is 866. The molecule has 0 bridgehead atoms. The zero-order chi connectivity index (χ0) is 19.1. The molecule has 3 aromatic rings. The molecule has 1 heterocycles. The molecule has 0 aliphatic carbocycles. The van der Waals surface area contributed by atoms with E-state index in [0.717, 1.165) is 11.3 Å². The molecule has 5 nitrogen and oxygen atoms in total. The molecular weight excluding hydrogens is 336 g/mol. The molecule has 1 aromatic heterocycles. The van der Waals surface area contributed by atoms with E-state index in [1.165, 1.54) is 6.33 Å². The smallest absolute Gasteiger partial charge is 0.270 e. The van der Waals surface area contributed by atoms with Gasteiger partial charge in [0.2, 0.25) is 0 Å². The van der Waals surface area contributed by atoms with E-state index in [-0.39, 0.29) is 5.91 Å². The first-order valence-electron chi connectivity index (χ1n) is 9.10. The van der Waals surface area contributed by atoms with Crippen LogP contribution in [0.3, 0.4) is 0 Å². The van der Waals surface area contributed by atoms with Crippen molar-refractivity contribution in [3.63, 3.8) is 0 Å². The van der Waals surface area contributed by atoms with Crippen LogP contribution in [0.2, 0.25) is 0 Å². The maximum absolute atomic E-state index is 12.4. The Kier molecular flexibility index (Phi) is 6.15. The van der Waals surface area contributed by atoms with E-state index in [4.69, 9.17) is 0 Å². The van der Waals surface area contributed by atoms with E-state index in [9.17, 15) is 4.79 Å². The molecule has 0 unspecified atom stereocenters. The van der Waals surface area contributed by atoms with E-state index in [1.807, 2.05) is 48.5 Å². The molecule has 1 amide bonds. The van der Waals surface area contributed by atoms with Crippen molar-refractivity contribution < 1.29 is 4.79 Å². The number of amides is 1. The molecule has 138 valence electrons. The minimum atomic E-state index is -0.180. The number of benzene rings is 2. The van der Waals surface area contributed by atoms with Gasteiger partial charge in [-0.05, 0) is 23.6 Å². The standard InChI is InChI=1S/C22H24N4O/c1-17(2)14-23-22(27)20-13-21(25-16-24-20)26(19-11-7-4-8-12-19)15-18-9-5-3-6-10-18/h3-13,16-17H,14-15H2,1-2H3,(H,23,27). The number of rotatable bonds is 7. The number of aromatic nitrogens is 2. The first-order chi connectivity index (χ1) is 13.1. The zero-order valence-corrected chi connectivity index (χ0v) is 15.7. The Morgan fingerprint density at radius 3 is 2.33 bits per heavy atom. The van der Waals surface area contributed by atoms with Gasteiger partial charge < -0.3 is 10.2 Å². The number of nitrogens with one attached hydrogen (secondary N) is 1. The Labute approximate surface area is 160 Å². The Morgan fingerprint density at radius 2 is 1.67 bits per heavy atom. The second kappa shape index (κ2) is 8.94. The fourth-order valence-electron chi connectivity index (χ4n) is 2.68. The summed E-state index contributed by atoms with van der Waals surface area (Å²) in [6.45, 7) is 5.38. The summed E-state index contributed by atoms with van der Waals surface area (Å²) in [5.74, 6) is 0.893. The lowest BCUT2D eigenvalue weighted by Crippen LogP contribution is -2.28. The number of hydrogen-bond acceptors (Lipinski definition) is 4. The summed E-state index contributed by atoms with van der Waals surface area (Å²) >= 11 is 0. The Morgan fingerprint density at radius 1 is 1.00 bits per heavy atom. The average molecular weight is 360 g/mol. The average Bonchev–Trinajstić information content (AvgIpc) is 2.71. The number of anilines is 2. The second-order valence-corrected chi connectivity index (χ2v) is 6.77. The summed E-state index contributed by atoms with van der Waals surface area (Å²) in [7, 11) is 0. The van der Waals surface area contributed by atoms with E-state index in [0.29, 0.717) is 30.5 Å². The Hall–Kier alpha value is -3.21. The van der Waals surface area contributed by atoms with Gasteiger partial charge in [-0.3, -0.25) is 4.79 Å². The molecule has 0 fully saturated rings. The summed E-state index contributed by atoms with van der Waals surface area (Å²) in [5, 5.41) is 2.91. The predicted molar refractivity (Wildman–Crippen MR) is 108 cm³/mol. The number of hydrogen-bond donors (Lipinski definition) is 1. The third-order valence-corrected chi connectivity index (χ3v) is 4.08. The molecule has 0 aliphatic rings.